The number of aromatic nitrogens is 1. The van der Waals surface area contributed by atoms with Crippen molar-refractivity contribution in [3.63, 3.8) is 0 Å². The summed E-state index contributed by atoms with van der Waals surface area (Å²) in [6, 6.07) is 0. The van der Waals surface area contributed by atoms with Crippen molar-refractivity contribution in [2.45, 2.75) is 0 Å². The molecule has 0 radical (unpaired) electrons. The molecule has 54 valence electrons. The van der Waals surface area contributed by atoms with Crippen molar-refractivity contribution in [1.82, 2.24) is 4.98 Å². The summed E-state index contributed by atoms with van der Waals surface area (Å²) < 4.78 is 4.18. The van der Waals surface area contributed by atoms with Crippen LogP contribution < -0.4 is 0 Å². The van der Waals surface area contributed by atoms with E-state index in [1.165, 1.54) is 6.20 Å². The lowest BCUT2D eigenvalue weighted by atomic mass is 10.6. The fourth-order valence-electron chi connectivity index (χ4n) is 0.385. The maximum absolute atomic E-state index is 10.6. The van der Waals surface area contributed by atoms with Crippen LogP contribution in [0.25, 0.3) is 0 Å². The standard InChI is InChI=1S/C4HCl2NO2S/c5-4-7-1-2(10-4)3(8)9-6/h1H. The van der Waals surface area contributed by atoms with E-state index in [2.05, 4.69) is 9.27 Å². The van der Waals surface area contributed by atoms with Crippen molar-refractivity contribution in [2.75, 3.05) is 0 Å². The first-order valence-electron chi connectivity index (χ1n) is 2.18. The molecule has 1 aromatic rings. The summed E-state index contributed by atoms with van der Waals surface area (Å²) in [5, 5.41) is 0. The highest BCUT2D eigenvalue weighted by Crippen LogP contribution is 2.18. The quantitative estimate of drug-likeness (QED) is 0.693. The van der Waals surface area contributed by atoms with Crippen LogP contribution in [0.3, 0.4) is 0 Å². The van der Waals surface area contributed by atoms with E-state index in [-0.39, 0.29) is 4.47 Å². The van der Waals surface area contributed by atoms with E-state index in [0.29, 0.717) is 4.88 Å². The van der Waals surface area contributed by atoms with E-state index >= 15 is 0 Å². The molecule has 0 saturated heterocycles. The first-order chi connectivity index (χ1) is 4.74. The van der Waals surface area contributed by atoms with Crippen LogP contribution in [-0.4, -0.2) is 11.0 Å². The molecule has 10 heavy (non-hydrogen) atoms. The lowest BCUT2D eigenvalue weighted by Gasteiger charge is -1.84. The minimum Gasteiger partial charge on any atom is -0.342 e. The van der Waals surface area contributed by atoms with Crippen molar-refractivity contribution in [3.05, 3.63) is 15.5 Å². The molecule has 0 amide bonds. The van der Waals surface area contributed by atoms with E-state index in [4.69, 9.17) is 23.5 Å². The molecular formula is C4HCl2NO2S. The minimum absolute atomic E-state index is 0.289. The third-order valence-corrected chi connectivity index (χ3v) is 1.98. The van der Waals surface area contributed by atoms with Crippen LogP contribution >= 0.6 is 34.8 Å². The molecule has 0 aromatic carbocycles. The van der Waals surface area contributed by atoms with Gasteiger partial charge in [0.2, 0.25) is 0 Å². The number of carbonyl (C=O) groups is 1. The van der Waals surface area contributed by atoms with Crippen LogP contribution in [0.4, 0.5) is 0 Å². The zero-order valence-corrected chi connectivity index (χ0v) is 6.83. The van der Waals surface area contributed by atoms with Crippen LogP contribution in [0.15, 0.2) is 6.20 Å². The number of halogens is 2. The Balaban J connectivity index is 2.85. The monoisotopic (exact) mass is 197 g/mol. The maximum atomic E-state index is 10.6. The van der Waals surface area contributed by atoms with Crippen LogP contribution in [0.2, 0.25) is 4.47 Å². The average molecular weight is 198 g/mol. The summed E-state index contributed by atoms with van der Waals surface area (Å²) in [7, 11) is 0. The van der Waals surface area contributed by atoms with Gasteiger partial charge >= 0.3 is 5.97 Å². The lowest BCUT2D eigenvalue weighted by Crippen LogP contribution is -1.92. The largest absolute Gasteiger partial charge is 0.368 e. The molecule has 0 N–H and O–H groups in total. The predicted molar refractivity (Wildman–Crippen MR) is 38.4 cm³/mol. The van der Waals surface area contributed by atoms with Gasteiger partial charge in [-0.25, -0.2) is 9.78 Å². The maximum Gasteiger partial charge on any atom is 0.368 e. The van der Waals surface area contributed by atoms with E-state index in [1.807, 2.05) is 0 Å². The summed E-state index contributed by atoms with van der Waals surface area (Å²) in [4.78, 5) is 14.5. The normalized spacial score (nSPS) is 9.40. The minimum atomic E-state index is -0.633. The van der Waals surface area contributed by atoms with Gasteiger partial charge in [-0.2, -0.15) is 0 Å². The molecule has 0 unspecified atom stereocenters. The van der Waals surface area contributed by atoms with E-state index in [0.717, 1.165) is 11.3 Å². The van der Waals surface area contributed by atoms with Gasteiger partial charge in [-0.3, -0.25) is 0 Å². The summed E-state index contributed by atoms with van der Waals surface area (Å²) in [5.74, 6) is -0.633. The van der Waals surface area contributed by atoms with Gasteiger partial charge in [-0.1, -0.05) is 22.9 Å². The Morgan fingerprint density at radius 3 is 2.90 bits per heavy atom. The lowest BCUT2D eigenvalue weighted by molar-refractivity contribution is 0.0756. The molecule has 0 atom stereocenters. The molecule has 6 heteroatoms. The molecule has 0 saturated carbocycles. The molecule has 0 aliphatic heterocycles. The Kier molecular flexibility index (Phi) is 2.48. The number of carbonyl (C=O) groups excluding carboxylic acids is 1. The van der Waals surface area contributed by atoms with Gasteiger partial charge in [0, 0.05) is 0 Å². The zero-order valence-electron chi connectivity index (χ0n) is 4.51. The molecule has 1 rings (SSSR count). The van der Waals surface area contributed by atoms with Gasteiger partial charge in [0.05, 0.1) is 6.20 Å². The topological polar surface area (TPSA) is 39.2 Å². The third kappa shape index (κ3) is 1.59. The molecule has 0 aliphatic carbocycles. The Morgan fingerprint density at radius 1 is 1.80 bits per heavy atom. The summed E-state index contributed by atoms with van der Waals surface area (Å²) in [6.07, 6.45) is 1.30. The smallest absolute Gasteiger partial charge is 0.342 e. The van der Waals surface area contributed by atoms with Crippen LogP contribution in [-0.2, 0) is 4.29 Å². The van der Waals surface area contributed by atoms with Gasteiger partial charge in [-0.05, 0) is 0 Å². The fourth-order valence-corrected chi connectivity index (χ4v) is 1.33. The molecule has 1 heterocycles. The highest BCUT2D eigenvalue weighted by molar-refractivity contribution is 7.17. The highest BCUT2D eigenvalue weighted by Gasteiger charge is 2.09. The highest BCUT2D eigenvalue weighted by atomic mass is 35.5. The first-order valence-corrected chi connectivity index (χ1v) is 3.68. The molecule has 0 fully saturated rings. The molecule has 0 aliphatic rings. The second-order valence-corrected chi connectivity index (χ2v) is 3.11. The van der Waals surface area contributed by atoms with Gasteiger partial charge in [0.25, 0.3) is 0 Å². The number of hydrogen-bond donors (Lipinski definition) is 0. The van der Waals surface area contributed by atoms with E-state index < -0.39 is 5.97 Å². The van der Waals surface area contributed by atoms with E-state index in [1.54, 1.807) is 0 Å². The second-order valence-electron chi connectivity index (χ2n) is 1.34. The first kappa shape index (κ1) is 7.78. The van der Waals surface area contributed by atoms with Gasteiger partial charge < -0.3 is 4.29 Å². The third-order valence-electron chi connectivity index (χ3n) is 0.749. The molecular weight excluding hydrogens is 197 g/mol. The summed E-state index contributed by atoms with van der Waals surface area (Å²) in [5.41, 5.74) is 0. The summed E-state index contributed by atoms with van der Waals surface area (Å²) >= 11 is 11.2. The Morgan fingerprint density at radius 2 is 2.50 bits per heavy atom. The summed E-state index contributed by atoms with van der Waals surface area (Å²) in [6.45, 7) is 0. The Labute approximate surface area is 70.7 Å². The second kappa shape index (κ2) is 3.18. The number of nitrogens with zero attached hydrogens (tertiary/aromatic N) is 1. The van der Waals surface area contributed by atoms with Crippen LogP contribution in [0.1, 0.15) is 9.67 Å². The Hall–Kier alpha value is -0.320. The van der Waals surface area contributed by atoms with Crippen molar-refractivity contribution < 1.29 is 9.08 Å². The molecule has 0 bridgehead atoms. The van der Waals surface area contributed by atoms with Crippen molar-refractivity contribution in [2.24, 2.45) is 0 Å². The predicted octanol–water partition coefficient (Wildman–Crippen LogP) is 2.11. The van der Waals surface area contributed by atoms with Crippen LogP contribution in [0, 0.1) is 0 Å². The number of hydrogen-bond acceptors (Lipinski definition) is 4. The number of thiazole rings is 1. The van der Waals surface area contributed by atoms with E-state index in [9.17, 15) is 4.79 Å². The van der Waals surface area contributed by atoms with Crippen molar-refractivity contribution in [3.8, 4) is 0 Å². The Bertz CT molecular complexity index is 249. The van der Waals surface area contributed by atoms with Crippen molar-refractivity contribution >= 4 is 40.8 Å². The van der Waals surface area contributed by atoms with Gasteiger partial charge in [0.1, 0.15) is 16.7 Å². The molecule has 1 aromatic heterocycles. The zero-order chi connectivity index (χ0) is 7.56. The SMILES string of the molecule is O=C(OCl)c1cnc(Cl)s1. The molecule has 0 spiro atoms. The molecule has 3 nitrogen and oxygen atoms in total. The fraction of sp³-hybridized carbons (Fsp3) is 0. The average Bonchev–Trinajstić information content (AvgIpc) is 2.34. The van der Waals surface area contributed by atoms with Crippen molar-refractivity contribution in [1.29, 1.82) is 0 Å². The van der Waals surface area contributed by atoms with Gasteiger partial charge in [0.15, 0.2) is 4.47 Å². The van der Waals surface area contributed by atoms with Gasteiger partial charge in [-0.15, -0.1) is 0 Å². The number of rotatable bonds is 1. The van der Waals surface area contributed by atoms with Crippen LogP contribution in [0.5, 0.6) is 0 Å².